The van der Waals surface area contributed by atoms with Gasteiger partial charge in [-0.2, -0.15) is 0 Å². The lowest BCUT2D eigenvalue weighted by atomic mass is 10.0. The number of benzene rings is 1. The molecule has 0 N–H and O–H groups in total. The van der Waals surface area contributed by atoms with Gasteiger partial charge in [-0.25, -0.2) is 12.8 Å². The number of hydrogen-bond acceptors (Lipinski definition) is 3. The molecule has 1 aliphatic heterocycles. The van der Waals surface area contributed by atoms with E-state index in [0.29, 0.717) is 12.8 Å². The van der Waals surface area contributed by atoms with Crippen LogP contribution in [-0.2, 0) is 9.84 Å². The Labute approximate surface area is 110 Å². The maximum absolute atomic E-state index is 13.1. The summed E-state index contributed by atoms with van der Waals surface area (Å²) < 4.78 is 36.8. The summed E-state index contributed by atoms with van der Waals surface area (Å²) in [5, 5.41) is -0.993. The van der Waals surface area contributed by atoms with Crippen LogP contribution in [0.15, 0.2) is 18.2 Å². The second kappa shape index (κ2) is 4.97. The zero-order valence-electron chi connectivity index (χ0n) is 9.53. The van der Waals surface area contributed by atoms with E-state index in [9.17, 15) is 17.6 Å². The largest absolute Gasteiger partial charge is 0.293 e. The molecular weight excluding hydrogens is 279 g/mol. The van der Waals surface area contributed by atoms with Crippen molar-refractivity contribution in [3.8, 4) is 0 Å². The number of Topliss-reactive ketones (excluding diaryl/α,β-unsaturated/α-hetero) is 1. The fraction of sp³-hybridized carbons (Fsp3) is 0.417. The topological polar surface area (TPSA) is 51.2 Å². The van der Waals surface area contributed by atoms with Crippen molar-refractivity contribution in [2.75, 3.05) is 5.75 Å². The Morgan fingerprint density at radius 1 is 1.33 bits per heavy atom. The third-order valence-corrected chi connectivity index (χ3v) is 5.57. The molecule has 2 rings (SSSR count). The highest BCUT2D eigenvalue weighted by atomic mass is 35.5. The molecule has 0 spiro atoms. The van der Waals surface area contributed by atoms with Crippen molar-refractivity contribution < 1.29 is 17.6 Å². The predicted molar refractivity (Wildman–Crippen MR) is 67.2 cm³/mol. The summed E-state index contributed by atoms with van der Waals surface area (Å²) in [7, 11) is -3.43. The molecule has 0 bridgehead atoms. The number of halogens is 2. The number of ketones is 1. The summed E-state index contributed by atoms with van der Waals surface area (Å²) in [5.41, 5.74) is -0.0489. The van der Waals surface area contributed by atoms with Crippen LogP contribution >= 0.6 is 11.6 Å². The van der Waals surface area contributed by atoms with Gasteiger partial charge in [0.1, 0.15) is 11.1 Å². The molecule has 1 fully saturated rings. The van der Waals surface area contributed by atoms with Gasteiger partial charge in [-0.1, -0.05) is 18.0 Å². The van der Waals surface area contributed by atoms with Gasteiger partial charge in [0.25, 0.3) is 0 Å². The van der Waals surface area contributed by atoms with Crippen LogP contribution in [0, 0.1) is 5.82 Å². The van der Waals surface area contributed by atoms with Crippen molar-refractivity contribution in [1.82, 2.24) is 0 Å². The van der Waals surface area contributed by atoms with Gasteiger partial charge in [-0.15, -0.1) is 0 Å². The van der Waals surface area contributed by atoms with E-state index in [4.69, 9.17) is 11.6 Å². The first-order chi connectivity index (χ1) is 8.42. The van der Waals surface area contributed by atoms with Crippen LogP contribution in [0.1, 0.15) is 29.6 Å². The molecule has 6 heteroatoms. The zero-order chi connectivity index (χ0) is 13.3. The SMILES string of the molecule is O=C(c1cc(F)ccc1Cl)C1CCCCS1(=O)=O. The normalized spacial score (nSPS) is 22.7. The quantitative estimate of drug-likeness (QED) is 0.787. The summed E-state index contributed by atoms with van der Waals surface area (Å²) in [6.07, 6.45) is 1.54. The van der Waals surface area contributed by atoms with Crippen LogP contribution in [0.4, 0.5) is 4.39 Å². The fourth-order valence-electron chi connectivity index (χ4n) is 2.11. The molecule has 1 saturated heterocycles. The second-order valence-electron chi connectivity index (χ2n) is 4.34. The van der Waals surface area contributed by atoms with Gasteiger partial charge in [0.15, 0.2) is 15.6 Å². The maximum Gasteiger partial charge on any atom is 0.182 e. The Balaban J connectivity index is 2.39. The first-order valence-corrected chi connectivity index (χ1v) is 7.72. The highest BCUT2D eigenvalue weighted by Gasteiger charge is 2.36. The van der Waals surface area contributed by atoms with Crippen molar-refractivity contribution in [3.05, 3.63) is 34.6 Å². The monoisotopic (exact) mass is 290 g/mol. The van der Waals surface area contributed by atoms with Crippen LogP contribution in [0.25, 0.3) is 0 Å². The minimum absolute atomic E-state index is 0.0103. The molecule has 1 aromatic carbocycles. The molecule has 0 amide bonds. The van der Waals surface area contributed by atoms with E-state index < -0.39 is 26.7 Å². The molecule has 0 saturated carbocycles. The van der Waals surface area contributed by atoms with Crippen molar-refractivity contribution in [2.45, 2.75) is 24.5 Å². The molecule has 3 nitrogen and oxygen atoms in total. The standard InChI is InChI=1S/C12H12ClFO3S/c13-10-5-4-8(14)7-9(10)12(15)11-3-1-2-6-18(11,16)17/h4-5,7,11H,1-3,6H2. The van der Waals surface area contributed by atoms with Gasteiger partial charge in [-0.05, 0) is 31.0 Å². The first kappa shape index (κ1) is 13.5. The van der Waals surface area contributed by atoms with E-state index in [0.717, 1.165) is 12.1 Å². The lowest BCUT2D eigenvalue weighted by Gasteiger charge is -2.21. The summed E-state index contributed by atoms with van der Waals surface area (Å²) in [6, 6.07) is 3.39. The Morgan fingerprint density at radius 2 is 2.06 bits per heavy atom. The molecule has 0 aromatic heterocycles. The van der Waals surface area contributed by atoms with Crippen LogP contribution < -0.4 is 0 Å². The molecule has 1 heterocycles. The van der Waals surface area contributed by atoms with Gasteiger partial charge in [0.05, 0.1) is 10.8 Å². The molecule has 1 aromatic rings. The minimum Gasteiger partial charge on any atom is -0.293 e. The van der Waals surface area contributed by atoms with E-state index in [-0.39, 0.29) is 22.8 Å². The smallest absolute Gasteiger partial charge is 0.182 e. The van der Waals surface area contributed by atoms with Crippen molar-refractivity contribution in [3.63, 3.8) is 0 Å². The average Bonchev–Trinajstić information content (AvgIpc) is 2.31. The summed E-state index contributed by atoms with van der Waals surface area (Å²) in [5.74, 6) is -1.19. The molecule has 1 unspecified atom stereocenters. The molecule has 0 radical (unpaired) electrons. The summed E-state index contributed by atoms with van der Waals surface area (Å²) in [6.45, 7) is 0. The van der Waals surface area contributed by atoms with E-state index in [1.807, 2.05) is 0 Å². The van der Waals surface area contributed by atoms with Gasteiger partial charge >= 0.3 is 0 Å². The zero-order valence-corrected chi connectivity index (χ0v) is 11.1. The number of carbonyl (C=O) groups is 1. The third kappa shape index (κ3) is 2.57. The third-order valence-electron chi connectivity index (χ3n) is 3.06. The Morgan fingerprint density at radius 3 is 2.72 bits per heavy atom. The summed E-state index contributed by atoms with van der Waals surface area (Å²) >= 11 is 5.82. The van der Waals surface area contributed by atoms with E-state index in [2.05, 4.69) is 0 Å². The fourth-order valence-corrected chi connectivity index (χ4v) is 4.19. The maximum atomic E-state index is 13.1. The van der Waals surface area contributed by atoms with Crippen LogP contribution in [0.3, 0.4) is 0 Å². The average molecular weight is 291 g/mol. The Kier molecular flexibility index (Phi) is 3.73. The van der Waals surface area contributed by atoms with Crippen molar-refractivity contribution in [2.24, 2.45) is 0 Å². The molecular formula is C12H12ClFO3S. The lowest BCUT2D eigenvalue weighted by Crippen LogP contribution is -2.35. The Bertz CT molecular complexity index is 583. The second-order valence-corrected chi connectivity index (χ2v) is 7.05. The van der Waals surface area contributed by atoms with Crippen molar-refractivity contribution in [1.29, 1.82) is 0 Å². The van der Waals surface area contributed by atoms with E-state index >= 15 is 0 Å². The summed E-state index contributed by atoms with van der Waals surface area (Å²) in [4.78, 5) is 12.2. The predicted octanol–water partition coefficient (Wildman–Crippen LogP) is 2.63. The molecule has 1 aliphatic rings. The number of carbonyl (C=O) groups excluding carboxylic acids is 1. The number of hydrogen-bond donors (Lipinski definition) is 0. The lowest BCUT2D eigenvalue weighted by molar-refractivity contribution is 0.0981. The Hall–Kier alpha value is -0.940. The highest BCUT2D eigenvalue weighted by Crippen LogP contribution is 2.26. The highest BCUT2D eigenvalue weighted by molar-refractivity contribution is 7.92. The number of sulfone groups is 1. The molecule has 98 valence electrons. The molecule has 0 aliphatic carbocycles. The molecule has 1 atom stereocenters. The van der Waals surface area contributed by atoms with Gasteiger partial charge in [-0.3, -0.25) is 4.79 Å². The molecule has 18 heavy (non-hydrogen) atoms. The van der Waals surface area contributed by atoms with E-state index in [1.165, 1.54) is 6.07 Å². The first-order valence-electron chi connectivity index (χ1n) is 5.62. The van der Waals surface area contributed by atoms with E-state index in [1.54, 1.807) is 0 Å². The van der Waals surface area contributed by atoms with Crippen molar-refractivity contribution >= 4 is 27.2 Å². The van der Waals surface area contributed by atoms with Crippen LogP contribution in [-0.4, -0.2) is 25.2 Å². The van der Waals surface area contributed by atoms with Gasteiger partial charge in [0, 0.05) is 5.56 Å². The van der Waals surface area contributed by atoms with Crippen LogP contribution in [0.2, 0.25) is 5.02 Å². The van der Waals surface area contributed by atoms with Gasteiger partial charge in [0.2, 0.25) is 0 Å². The number of rotatable bonds is 2. The van der Waals surface area contributed by atoms with Crippen LogP contribution in [0.5, 0.6) is 0 Å². The van der Waals surface area contributed by atoms with Gasteiger partial charge < -0.3 is 0 Å². The minimum atomic E-state index is -3.43.